The molecular weight excluding hydrogens is 306 g/mol. The Hall–Kier alpha value is -1.92. The average molecular weight is 336 g/mol. The Bertz CT molecular complexity index is 610. The Kier molecular flexibility index (Phi) is 6.93. The summed E-state index contributed by atoms with van der Waals surface area (Å²) in [6.07, 6.45) is -0.411. The van der Waals surface area contributed by atoms with Crippen LogP contribution in [0.3, 0.4) is 0 Å². The summed E-state index contributed by atoms with van der Waals surface area (Å²) in [7, 11) is 5.14. The van der Waals surface area contributed by atoms with Crippen LogP contribution in [0.1, 0.15) is 35.3 Å². The highest BCUT2D eigenvalue weighted by Crippen LogP contribution is 2.24. The minimum Gasteiger partial charge on any atom is -0.465 e. The van der Waals surface area contributed by atoms with E-state index in [9.17, 15) is 9.59 Å². The molecule has 0 spiro atoms. The van der Waals surface area contributed by atoms with Gasteiger partial charge in [0.05, 0.1) is 38.5 Å². The number of likely N-dealkylation sites (N-methyl/N-ethyl adjacent to an activating group) is 2. The number of esters is 1. The summed E-state index contributed by atoms with van der Waals surface area (Å²) in [6.45, 7) is 9.51. The maximum Gasteiger partial charge on any atom is 0.339 e. The van der Waals surface area contributed by atoms with Gasteiger partial charge in [-0.2, -0.15) is 0 Å². The van der Waals surface area contributed by atoms with Crippen molar-refractivity contribution < 1.29 is 18.8 Å². The first-order valence-corrected chi connectivity index (χ1v) is 8.25. The molecule has 1 aromatic carbocycles. The van der Waals surface area contributed by atoms with Gasteiger partial charge >= 0.3 is 5.97 Å². The molecule has 6 nitrogen and oxygen atoms in total. The zero-order valence-corrected chi connectivity index (χ0v) is 15.8. The minimum atomic E-state index is -0.457. The zero-order chi connectivity index (χ0) is 18.5. The molecule has 0 radical (unpaired) electrons. The molecule has 1 amide bonds. The van der Waals surface area contributed by atoms with E-state index in [1.807, 2.05) is 27.0 Å². The fourth-order valence-electron chi connectivity index (χ4n) is 2.91. The van der Waals surface area contributed by atoms with E-state index in [2.05, 4.69) is 24.5 Å². The van der Waals surface area contributed by atoms with Gasteiger partial charge in [-0.05, 0) is 51.9 Å². The van der Waals surface area contributed by atoms with Crippen LogP contribution < -0.4 is 10.6 Å². The molecule has 0 aliphatic rings. The molecule has 0 fully saturated rings. The third kappa shape index (κ3) is 4.13. The predicted molar refractivity (Wildman–Crippen MR) is 96.0 cm³/mol. The largest absolute Gasteiger partial charge is 0.465 e. The van der Waals surface area contributed by atoms with Crippen LogP contribution in [0.4, 0.5) is 5.69 Å². The fraction of sp³-hybridized carbons (Fsp3) is 0.556. The number of ether oxygens (including phenoxy) is 1. The smallest absolute Gasteiger partial charge is 0.339 e. The quantitative estimate of drug-likeness (QED) is 0.454. The fourth-order valence-corrected chi connectivity index (χ4v) is 2.91. The number of quaternary nitrogens is 1. The third-order valence-corrected chi connectivity index (χ3v) is 4.72. The van der Waals surface area contributed by atoms with E-state index >= 15 is 0 Å². The number of aryl methyl sites for hydroxylation is 2. The normalized spacial score (nSPS) is 12.6. The average Bonchev–Trinajstić information content (AvgIpc) is 2.56. The lowest BCUT2D eigenvalue weighted by Gasteiger charge is -2.38. The van der Waals surface area contributed by atoms with Gasteiger partial charge in [-0.25, -0.2) is 4.79 Å². The van der Waals surface area contributed by atoms with Crippen LogP contribution >= 0.6 is 0 Å². The van der Waals surface area contributed by atoms with Gasteiger partial charge in [0.1, 0.15) is 0 Å². The summed E-state index contributed by atoms with van der Waals surface area (Å²) in [6, 6.07) is 3.67. The van der Waals surface area contributed by atoms with Crippen molar-refractivity contribution >= 4 is 17.6 Å². The van der Waals surface area contributed by atoms with Crippen molar-refractivity contribution in [3.63, 3.8) is 0 Å². The lowest BCUT2D eigenvalue weighted by atomic mass is 10.0. The molecule has 0 aliphatic carbocycles. The van der Waals surface area contributed by atoms with Crippen molar-refractivity contribution in [1.82, 2.24) is 5.32 Å². The van der Waals surface area contributed by atoms with E-state index < -0.39 is 12.1 Å². The Balaban J connectivity index is 3.24. The van der Waals surface area contributed by atoms with Gasteiger partial charge in [-0.3, -0.25) is 10.1 Å². The number of benzene rings is 1. The van der Waals surface area contributed by atoms with Crippen LogP contribution in [0, 0.1) is 13.8 Å². The lowest BCUT2D eigenvalue weighted by Crippen LogP contribution is -2.62. The van der Waals surface area contributed by atoms with Gasteiger partial charge < -0.3 is 14.5 Å². The Morgan fingerprint density at radius 2 is 1.79 bits per heavy atom. The number of hydrogen-bond donors (Lipinski definition) is 2. The molecule has 1 atom stereocenters. The summed E-state index contributed by atoms with van der Waals surface area (Å²) < 4.78 is 5.41. The first kappa shape index (κ1) is 20.1. The van der Waals surface area contributed by atoms with Crippen LogP contribution in [0.15, 0.2) is 12.1 Å². The SMILES string of the molecule is CC[N+](C)(CC)C(NC)C(=O)Nc1c(C)cc(C)cc1C(=O)OC. The summed E-state index contributed by atoms with van der Waals surface area (Å²) in [5.74, 6) is -0.623. The zero-order valence-electron chi connectivity index (χ0n) is 15.8. The molecule has 0 aromatic heterocycles. The molecule has 0 saturated heterocycles. The van der Waals surface area contributed by atoms with E-state index in [1.165, 1.54) is 7.11 Å². The van der Waals surface area contributed by atoms with Gasteiger partial charge in [-0.1, -0.05) is 6.07 Å². The first-order chi connectivity index (χ1) is 11.2. The molecule has 0 bridgehead atoms. The molecule has 1 rings (SSSR count). The van der Waals surface area contributed by atoms with E-state index in [4.69, 9.17) is 4.74 Å². The number of carbonyl (C=O) groups excluding carboxylic acids is 2. The molecule has 0 aliphatic heterocycles. The van der Waals surface area contributed by atoms with Crippen LogP contribution in [0.5, 0.6) is 0 Å². The van der Waals surface area contributed by atoms with Gasteiger partial charge in [0.25, 0.3) is 5.91 Å². The van der Waals surface area contributed by atoms with E-state index in [0.29, 0.717) is 15.7 Å². The minimum absolute atomic E-state index is 0.166. The van der Waals surface area contributed by atoms with Crippen LogP contribution in [-0.4, -0.2) is 56.8 Å². The Labute approximate surface area is 144 Å². The number of amides is 1. The first-order valence-electron chi connectivity index (χ1n) is 8.25. The highest BCUT2D eigenvalue weighted by atomic mass is 16.5. The second-order valence-electron chi connectivity index (χ2n) is 6.29. The van der Waals surface area contributed by atoms with Gasteiger partial charge in [0.2, 0.25) is 6.17 Å². The number of hydrogen-bond acceptors (Lipinski definition) is 4. The number of rotatable bonds is 7. The summed E-state index contributed by atoms with van der Waals surface area (Å²) in [5.41, 5.74) is 2.66. The Morgan fingerprint density at radius 1 is 1.21 bits per heavy atom. The van der Waals surface area contributed by atoms with Crippen molar-refractivity contribution in [2.75, 3.05) is 39.6 Å². The van der Waals surface area contributed by atoms with Crippen molar-refractivity contribution in [3.05, 3.63) is 28.8 Å². The molecule has 134 valence electrons. The highest BCUT2D eigenvalue weighted by molar-refractivity contribution is 6.03. The number of anilines is 1. The number of methoxy groups -OCH3 is 1. The number of carbonyl (C=O) groups is 2. The van der Waals surface area contributed by atoms with E-state index in [-0.39, 0.29) is 5.91 Å². The standard InChI is InChI=1S/C18H29N3O3/c1-8-21(6,9-2)16(19-5)17(22)20-15-13(4)10-12(3)11-14(15)18(23)24-7/h10-11,16,19H,8-9H2,1-7H3/p+1. The molecule has 0 heterocycles. The number of nitrogens with zero attached hydrogens (tertiary/aromatic N) is 1. The highest BCUT2D eigenvalue weighted by Gasteiger charge is 2.35. The number of nitrogens with one attached hydrogen (secondary N) is 2. The van der Waals surface area contributed by atoms with E-state index in [1.54, 1.807) is 13.1 Å². The van der Waals surface area contributed by atoms with Crippen molar-refractivity contribution in [3.8, 4) is 0 Å². The maximum atomic E-state index is 12.9. The summed E-state index contributed by atoms with van der Waals surface area (Å²) in [4.78, 5) is 24.9. The van der Waals surface area contributed by atoms with Crippen LogP contribution in [0.2, 0.25) is 0 Å². The van der Waals surface area contributed by atoms with Crippen molar-refractivity contribution in [1.29, 1.82) is 0 Å². The topological polar surface area (TPSA) is 67.4 Å². The van der Waals surface area contributed by atoms with Crippen molar-refractivity contribution in [2.45, 2.75) is 33.9 Å². The van der Waals surface area contributed by atoms with Crippen molar-refractivity contribution in [2.24, 2.45) is 0 Å². The maximum absolute atomic E-state index is 12.9. The molecule has 24 heavy (non-hydrogen) atoms. The Morgan fingerprint density at radius 3 is 2.25 bits per heavy atom. The molecule has 6 heteroatoms. The van der Waals surface area contributed by atoms with E-state index in [0.717, 1.165) is 24.2 Å². The molecule has 0 saturated carbocycles. The van der Waals surface area contributed by atoms with Crippen LogP contribution in [-0.2, 0) is 9.53 Å². The predicted octanol–water partition coefficient (Wildman–Crippen LogP) is 2.06. The van der Waals surface area contributed by atoms with Gasteiger partial charge in [0, 0.05) is 0 Å². The summed E-state index contributed by atoms with van der Waals surface area (Å²) in [5, 5.41) is 6.03. The monoisotopic (exact) mass is 336 g/mol. The third-order valence-electron chi connectivity index (χ3n) is 4.72. The summed E-state index contributed by atoms with van der Waals surface area (Å²) >= 11 is 0. The molecule has 1 aromatic rings. The van der Waals surface area contributed by atoms with Gasteiger partial charge in [0.15, 0.2) is 0 Å². The van der Waals surface area contributed by atoms with Gasteiger partial charge in [-0.15, -0.1) is 0 Å². The second-order valence-corrected chi connectivity index (χ2v) is 6.29. The molecule has 2 N–H and O–H groups in total. The molecular formula is C18H30N3O3+. The second kappa shape index (κ2) is 8.26. The lowest BCUT2D eigenvalue weighted by molar-refractivity contribution is -0.923. The molecule has 1 unspecified atom stereocenters. The van der Waals surface area contributed by atoms with Crippen LogP contribution in [0.25, 0.3) is 0 Å².